The van der Waals surface area contributed by atoms with Crippen molar-refractivity contribution in [2.24, 2.45) is 0 Å². The average Bonchev–Trinajstić information content (AvgIpc) is 3.20. The summed E-state index contributed by atoms with van der Waals surface area (Å²) in [6, 6.07) is 22.2. The standard InChI is InChI=1S/C22H24N4O2/c1-24(28)22(27)25-14-12-17(13-15-25)20-16-21(18-8-4-2-5-9-18)26(23-20)19-10-6-3-7-11-19/h2-11,16-17,28H,12-15H2,1H3. The van der Waals surface area contributed by atoms with Crippen LogP contribution in [0.5, 0.6) is 0 Å². The molecular weight excluding hydrogens is 352 g/mol. The van der Waals surface area contributed by atoms with Gasteiger partial charge in [0, 0.05) is 31.6 Å². The number of benzene rings is 2. The average molecular weight is 376 g/mol. The smallest absolute Gasteiger partial charge is 0.323 e. The van der Waals surface area contributed by atoms with Crippen molar-refractivity contribution in [3.63, 3.8) is 0 Å². The Morgan fingerprint density at radius 2 is 1.64 bits per heavy atom. The number of hydrogen-bond donors (Lipinski definition) is 1. The predicted octanol–water partition coefficient (Wildman–Crippen LogP) is 4.16. The molecule has 4 rings (SSSR count). The Kier molecular flexibility index (Phi) is 5.12. The van der Waals surface area contributed by atoms with Crippen molar-refractivity contribution in [1.29, 1.82) is 0 Å². The van der Waals surface area contributed by atoms with Gasteiger partial charge in [0.15, 0.2) is 0 Å². The van der Waals surface area contributed by atoms with Gasteiger partial charge in [-0.1, -0.05) is 48.5 Å². The molecule has 0 unspecified atom stereocenters. The topological polar surface area (TPSA) is 61.6 Å². The lowest BCUT2D eigenvalue weighted by Crippen LogP contribution is -2.43. The van der Waals surface area contributed by atoms with Gasteiger partial charge < -0.3 is 4.90 Å². The lowest BCUT2D eigenvalue weighted by atomic mass is 9.93. The van der Waals surface area contributed by atoms with Crippen LogP contribution < -0.4 is 0 Å². The summed E-state index contributed by atoms with van der Waals surface area (Å²) in [5, 5.41) is 15.0. The quantitative estimate of drug-likeness (QED) is 0.551. The van der Waals surface area contributed by atoms with Crippen LogP contribution in [0.15, 0.2) is 66.7 Å². The molecule has 0 aliphatic carbocycles. The van der Waals surface area contributed by atoms with E-state index >= 15 is 0 Å². The molecule has 2 aromatic carbocycles. The van der Waals surface area contributed by atoms with Crippen molar-refractivity contribution >= 4 is 6.03 Å². The number of rotatable bonds is 3. The van der Waals surface area contributed by atoms with Gasteiger partial charge in [-0.25, -0.2) is 14.5 Å². The van der Waals surface area contributed by atoms with Crippen LogP contribution in [0.2, 0.25) is 0 Å². The Balaban J connectivity index is 1.63. The van der Waals surface area contributed by atoms with Crippen LogP contribution in [0.25, 0.3) is 16.9 Å². The molecule has 2 amide bonds. The minimum atomic E-state index is -0.349. The molecule has 0 atom stereocenters. The van der Waals surface area contributed by atoms with E-state index in [0.29, 0.717) is 24.1 Å². The van der Waals surface area contributed by atoms with Crippen molar-refractivity contribution in [1.82, 2.24) is 19.7 Å². The monoisotopic (exact) mass is 376 g/mol. The molecule has 1 aliphatic rings. The SMILES string of the molecule is CN(O)C(=O)N1CCC(c2cc(-c3ccccc3)n(-c3ccccc3)n2)CC1. The van der Waals surface area contributed by atoms with E-state index in [9.17, 15) is 10.0 Å². The van der Waals surface area contributed by atoms with Crippen molar-refractivity contribution in [2.45, 2.75) is 18.8 Å². The first-order chi connectivity index (χ1) is 13.6. The van der Waals surface area contributed by atoms with Crippen LogP contribution in [-0.2, 0) is 0 Å². The van der Waals surface area contributed by atoms with Crippen LogP contribution in [0.1, 0.15) is 24.5 Å². The summed E-state index contributed by atoms with van der Waals surface area (Å²) in [6.45, 7) is 1.24. The van der Waals surface area contributed by atoms with Crippen molar-refractivity contribution in [3.8, 4) is 16.9 Å². The number of piperidine rings is 1. The molecule has 0 radical (unpaired) electrons. The molecule has 1 N–H and O–H groups in total. The Hall–Kier alpha value is -3.12. The fourth-order valence-corrected chi connectivity index (χ4v) is 3.75. The number of hydrogen-bond acceptors (Lipinski definition) is 3. The van der Waals surface area contributed by atoms with Gasteiger partial charge in [-0.2, -0.15) is 5.10 Å². The molecule has 0 saturated carbocycles. The van der Waals surface area contributed by atoms with Gasteiger partial charge in [0.25, 0.3) is 0 Å². The van der Waals surface area contributed by atoms with Gasteiger partial charge in [0.05, 0.1) is 17.1 Å². The third-order valence-electron chi connectivity index (χ3n) is 5.26. The third kappa shape index (κ3) is 3.64. The first-order valence-corrected chi connectivity index (χ1v) is 9.56. The number of carbonyl (C=O) groups is 1. The van der Waals surface area contributed by atoms with Crippen LogP contribution >= 0.6 is 0 Å². The molecule has 3 aromatic rings. The number of likely N-dealkylation sites (tertiary alicyclic amines) is 1. The number of amides is 2. The molecule has 28 heavy (non-hydrogen) atoms. The Morgan fingerprint density at radius 3 is 2.25 bits per heavy atom. The van der Waals surface area contributed by atoms with E-state index in [0.717, 1.165) is 35.5 Å². The van der Waals surface area contributed by atoms with Crippen LogP contribution in [0.3, 0.4) is 0 Å². The molecule has 2 heterocycles. The van der Waals surface area contributed by atoms with Gasteiger partial charge in [-0.05, 0) is 31.0 Å². The third-order valence-corrected chi connectivity index (χ3v) is 5.26. The number of hydroxylamine groups is 2. The zero-order valence-corrected chi connectivity index (χ0v) is 15.9. The van der Waals surface area contributed by atoms with Crippen LogP contribution in [-0.4, -0.2) is 51.1 Å². The first kappa shape index (κ1) is 18.3. The second-order valence-corrected chi connectivity index (χ2v) is 7.14. The normalized spacial score (nSPS) is 14.9. The summed E-state index contributed by atoms with van der Waals surface area (Å²) in [7, 11) is 1.36. The number of urea groups is 1. The van der Waals surface area contributed by atoms with Gasteiger partial charge in [0.1, 0.15) is 0 Å². The van der Waals surface area contributed by atoms with E-state index < -0.39 is 0 Å². The molecule has 1 saturated heterocycles. The maximum Gasteiger partial charge on any atom is 0.343 e. The molecule has 1 fully saturated rings. The molecule has 1 aliphatic heterocycles. The van der Waals surface area contributed by atoms with E-state index in [4.69, 9.17) is 5.10 Å². The Bertz CT molecular complexity index is 873. The maximum absolute atomic E-state index is 12.0. The predicted molar refractivity (Wildman–Crippen MR) is 107 cm³/mol. The van der Waals surface area contributed by atoms with E-state index in [-0.39, 0.29) is 6.03 Å². The van der Waals surface area contributed by atoms with E-state index in [1.165, 1.54) is 7.05 Å². The number of para-hydroxylation sites is 1. The fraction of sp³-hybridized carbons (Fsp3) is 0.273. The highest BCUT2D eigenvalue weighted by Crippen LogP contribution is 2.32. The highest BCUT2D eigenvalue weighted by molar-refractivity contribution is 5.73. The van der Waals surface area contributed by atoms with Gasteiger partial charge in [-0.3, -0.25) is 5.21 Å². The molecule has 0 spiro atoms. The zero-order valence-electron chi connectivity index (χ0n) is 15.9. The summed E-state index contributed by atoms with van der Waals surface area (Å²) in [4.78, 5) is 13.6. The molecule has 144 valence electrons. The van der Waals surface area contributed by atoms with Gasteiger partial charge in [-0.15, -0.1) is 0 Å². The molecule has 0 bridgehead atoms. The highest BCUT2D eigenvalue weighted by Gasteiger charge is 2.27. The number of aromatic nitrogens is 2. The molecular formula is C22H24N4O2. The lowest BCUT2D eigenvalue weighted by Gasteiger charge is -2.32. The summed E-state index contributed by atoms with van der Waals surface area (Å²) in [5.74, 6) is 0.292. The summed E-state index contributed by atoms with van der Waals surface area (Å²) in [5.41, 5.74) is 4.27. The molecule has 6 nitrogen and oxygen atoms in total. The summed E-state index contributed by atoms with van der Waals surface area (Å²) in [6.07, 6.45) is 1.67. The van der Waals surface area contributed by atoms with Crippen molar-refractivity contribution in [3.05, 3.63) is 72.4 Å². The van der Waals surface area contributed by atoms with E-state index in [2.05, 4.69) is 30.3 Å². The number of carbonyl (C=O) groups excluding carboxylic acids is 1. The van der Waals surface area contributed by atoms with Crippen molar-refractivity contribution < 1.29 is 10.0 Å². The van der Waals surface area contributed by atoms with Crippen molar-refractivity contribution in [2.75, 3.05) is 20.1 Å². The van der Waals surface area contributed by atoms with Crippen LogP contribution in [0.4, 0.5) is 4.79 Å². The van der Waals surface area contributed by atoms with Gasteiger partial charge in [0.2, 0.25) is 0 Å². The minimum Gasteiger partial charge on any atom is -0.323 e. The van der Waals surface area contributed by atoms with Gasteiger partial charge >= 0.3 is 6.03 Å². The maximum atomic E-state index is 12.0. The zero-order chi connectivity index (χ0) is 19.5. The number of nitrogens with zero attached hydrogens (tertiary/aromatic N) is 4. The second kappa shape index (κ2) is 7.86. The fourth-order valence-electron chi connectivity index (χ4n) is 3.75. The lowest BCUT2D eigenvalue weighted by molar-refractivity contribution is -0.0356. The Morgan fingerprint density at radius 1 is 1.04 bits per heavy atom. The first-order valence-electron chi connectivity index (χ1n) is 9.56. The molecule has 1 aromatic heterocycles. The summed E-state index contributed by atoms with van der Waals surface area (Å²) < 4.78 is 2.00. The largest absolute Gasteiger partial charge is 0.343 e. The van der Waals surface area contributed by atoms with E-state index in [1.54, 1.807) is 4.90 Å². The Labute approximate surface area is 164 Å². The summed E-state index contributed by atoms with van der Waals surface area (Å²) >= 11 is 0. The second-order valence-electron chi connectivity index (χ2n) is 7.14. The van der Waals surface area contributed by atoms with Crippen LogP contribution in [0, 0.1) is 0 Å². The molecule has 6 heteroatoms. The minimum absolute atomic E-state index is 0.292. The van der Waals surface area contributed by atoms with E-state index in [1.807, 2.05) is 41.1 Å². The highest BCUT2D eigenvalue weighted by atomic mass is 16.5.